The van der Waals surface area contributed by atoms with Crippen LogP contribution in [-0.2, 0) is 4.79 Å². The summed E-state index contributed by atoms with van der Waals surface area (Å²) in [5, 5.41) is 11.9. The zero-order chi connectivity index (χ0) is 12.7. The molecule has 1 aliphatic heterocycles. The molecule has 0 unspecified atom stereocenters. The Bertz CT molecular complexity index is 229. The number of nitrogens with zero attached hydrogens (tertiary/aromatic N) is 1. The summed E-state index contributed by atoms with van der Waals surface area (Å²) in [7, 11) is 0. The normalized spacial score (nSPS) is 23.4. The predicted molar refractivity (Wildman–Crippen MR) is 68.8 cm³/mol. The molecule has 0 aromatic heterocycles. The highest BCUT2D eigenvalue weighted by atomic mass is 16.3. The topological polar surface area (TPSA) is 52.6 Å². The Balaban J connectivity index is 2.22. The maximum atomic E-state index is 11.7. The molecule has 1 rings (SSSR count). The number of amides is 1. The molecule has 0 aromatic carbocycles. The summed E-state index contributed by atoms with van der Waals surface area (Å²) < 4.78 is 0. The van der Waals surface area contributed by atoms with E-state index in [4.69, 9.17) is 5.11 Å². The van der Waals surface area contributed by atoms with Crippen LogP contribution < -0.4 is 5.32 Å². The number of nitrogens with one attached hydrogen (secondary N) is 1. The average Bonchev–Trinajstić information content (AvgIpc) is 2.35. The molecular weight excluding hydrogens is 216 g/mol. The van der Waals surface area contributed by atoms with E-state index in [0.29, 0.717) is 12.5 Å². The number of aliphatic hydroxyl groups is 1. The molecule has 1 heterocycles. The molecule has 1 saturated heterocycles. The summed E-state index contributed by atoms with van der Waals surface area (Å²) >= 11 is 0. The lowest BCUT2D eigenvalue weighted by Gasteiger charge is -2.33. The summed E-state index contributed by atoms with van der Waals surface area (Å²) in [5.41, 5.74) is 0. The van der Waals surface area contributed by atoms with Gasteiger partial charge >= 0.3 is 0 Å². The second-order valence-electron chi connectivity index (χ2n) is 4.99. The van der Waals surface area contributed by atoms with Crippen LogP contribution in [0.5, 0.6) is 0 Å². The number of likely N-dealkylation sites (tertiary alicyclic amines) is 1. The van der Waals surface area contributed by atoms with Crippen LogP contribution in [0.25, 0.3) is 0 Å². The van der Waals surface area contributed by atoms with E-state index in [9.17, 15) is 4.79 Å². The minimum Gasteiger partial charge on any atom is -0.394 e. The maximum absolute atomic E-state index is 11.7. The van der Waals surface area contributed by atoms with Crippen molar-refractivity contribution in [2.24, 2.45) is 0 Å². The van der Waals surface area contributed by atoms with Crippen LogP contribution in [0.1, 0.15) is 46.0 Å². The van der Waals surface area contributed by atoms with Gasteiger partial charge in [-0.15, -0.1) is 0 Å². The molecule has 1 aliphatic rings. The summed E-state index contributed by atoms with van der Waals surface area (Å²) in [6, 6.07) is 0.526. The first-order chi connectivity index (χ1) is 8.17. The third-order valence-electron chi connectivity index (χ3n) is 3.64. The van der Waals surface area contributed by atoms with Crippen LogP contribution in [0.15, 0.2) is 0 Å². The lowest BCUT2D eigenvalue weighted by molar-refractivity contribution is -0.122. The number of carbonyl (C=O) groups excluding carboxylic acids is 1. The highest BCUT2D eigenvalue weighted by Gasteiger charge is 2.19. The van der Waals surface area contributed by atoms with Crippen molar-refractivity contribution in [1.82, 2.24) is 10.2 Å². The maximum Gasteiger partial charge on any atom is 0.221 e. The van der Waals surface area contributed by atoms with Crippen molar-refractivity contribution in [3.63, 3.8) is 0 Å². The largest absolute Gasteiger partial charge is 0.394 e. The molecule has 0 aromatic rings. The van der Waals surface area contributed by atoms with Crippen LogP contribution in [0.4, 0.5) is 0 Å². The van der Waals surface area contributed by atoms with E-state index in [1.165, 1.54) is 19.3 Å². The van der Waals surface area contributed by atoms with Crippen LogP contribution in [0.3, 0.4) is 0 Å². The molecule has 2 N–H and O–H groups in total. The van der Waals surface area contributed by atoms with Gasteiger partial charge in [-0.25, -0.2) is 0 Å². The number of rotatable bonds is 6. The van der Waals surface area contributed by atoms with Gasteiger partial charge in [-0.1, -0.05) is 13.3 Å². The molecule has 1 fully saturated rings. The van der Waals surface area contributed by atoms with Crippen molar-refractivity contribution in [3.8, 4) is 0 Å². The highest BCUT2D eigenvalue weighted by molar-refractivity contribution is 5.76. The van der Waals surface area contributed by atoms with Gasteiger partial charge in [0.2, 0.25) is 5.91 Å². The van der Waals surface area contributed by atoms with Gasteiger partial charge in [-0.2, -0.15) is 0 Å². The van der Waals surface area contributed by atoms with Gasteiger partial charge < -0.3 is 15.3 Å². The first kappa shape index (κ1) is 14.5. The Morgan fingerprint density at radius 3 is 2.88 bits per heavy atom. The third-order valence-corrected chi connectivity index (χ3v) is 3.64. The van der Waals surface area contributed by atoms with E-state index >= 15 is 0 Å². The fourth-order valence-corrected chi connectivity index (χ4v) is 2.31. The Labute approximate surface area is 104 Å². The Morgan fingerprint density at radius 2 is 2.29 bits per heavy atom. The number of aliphatic hydroxyl groups excluding tert-OH is 1. The fourth-order valence-electron chi connectivity index (χ4n) is 2.31. The summed E-state index contributed by atoms with van der Waals surface area (Å²) in [4.78, 5) is 14.1. The molecule has 0 bridgehead atoms. The van der Waals surface area contributed by atoms with Crippen molar-refractivity contribution >= 4 is 5.91 Å². The zero-order valence-electron chi connectivity index (χ0n) is 11.1. The van der Waals surface area contributed by atoms with E-state index in [-0.39, 0.29) is 18.6 Å². The summed E-state index contributed by atoms with van der Waals surface area (Å²) in [5.74, 6) is 0.0590. The van der Waals surface area contributed by atoms with Gasteiger partial charge in [-0.3, -0.25) is 4.79 Å². The predicted octanol–water partition coefficient (Wildman–Crippen LogP) is 1.14. The molecule has 2 atom stereocenters. The Hall–Kier alpha value is -0.610. The number of hydrogen-bond donors (Lipinski definition) is 2. The van der Waals surface area contributed by atoms with Gasteiger partial charge in [0, 0.05) is 19.0 Å². The van der Waals surface area contributed by atoms with Crippen LogP contribution in [0, 0.1) is 0 Å². The summed E-state index contributed by atoms with van der Waals surface area (Å²) in [6.07, 6.45) is 5.13. The third kappa shape index (κ3) is 5.04. The average molecular weight is 242 g/mol. The van der Waals surface area contributed by atoms with Gasteiger partial charge in [0.15, 0.2) is 0 Å². The first-order valence-electron chi connectivity index (χ1n) is 6.81. The quantitative estimate of drug-likeness (QED) is 0.734. The van der Waals surface area contributed by atoms with Crippen LogP contribution >= 0.6 is 0 Å². The zero-order valence-corrected chi connectivity index (χ0v) is 11.1. The van der Waals surface area contributed by atoms with Crippen molar-refractivity contribution in [3.05, 3.63) is 0 Å². The SMILES string of the molecule is CC[C@H](CO)NC(=O)CCN1CCCC[C@@H]1C. The monoisotopic (exact) mass is 242 g/mol. The van der Waals surface area contributed by atoms with E-state index in [1.807, 2.05) is 6.92 Å². The molecule has 17 heavy (non-hydrogen) atoms. The fraction of sp³-hybridized carbons (Fsp3) is 0.923. The van der Waals surface area contributed by atoms with Gasteiger partial charge in [-0.05, 0) is 32.7 Å². The van der Waals surface area contributed by atoms with Gasteiger partial charge in [0.25, 0.3) is 0 Å². The molecule has 0 spiro atoms. The lowest BCUT2D eigenvalue weighted by atomic mass is 10.0. The van der Waals surface area contributed by atoms with Crippen molar-refractivity contribution in [1.29, 1.82) is 0 Å². The van der Waals surface area contributed by atoms with Crippen molar-refractivity contribution in [2.75, 3.05) is 19.7 Å². The van der Waals surface area contributed by atoms with Crippen LogP contribution in [-0.4, -0.2) is 47.7 Å². The van der Waals surface area contributed by atoms with E-state index < -0.39 is 0 Å². The summed E-state index contributed by atoms with van der Waals surface area (Å²) in [6.45, 7) is 6.19. The van der Waals surface area contributed by atoms with Crippen molar-refractivity contribution in [2.45, 2.75) is 58.0 Å². The smallest absolute Gasteiger partial charge is 0.221 e. The second kappa shape index (κ2) is 7.67. The second-order valence-corrected chi connectivity index (χ2v) is 4.99. The standard InChI is InChI=1S/C13H26N2O2/c1-3-12(10-16)14-13(17)7-9-15-8-5-4-6-11(15)2/h11-12,16H,3-10H2,1-2H3,(H,14,17)/t11-,12+/m0/s1. The van der Waals surface area contributed by atoms with E-state index in [1.54, 1.807) is 0 Å². The molecule has 0 radical (unpaired) electrons. The molecular formula is C13H26N2O2. The molecule has 0 saturated carbocycles. The number of piperidine rings is 1. The molecule has 4 heteroatoms. The van der Waals surface area contributed by atoms with Gasteiger partial charge in [0.1, 0.15) is 0 Å². The van der Waals surface area contributed by atoms with E-state index in [2.05, 4.69) is 17.1 Å². The number of hydrogen-bond acceptors (Lipinski definition) is 3. The molecule has 0 aliphatic carbocycles. The number of carbonyl (C=O) groups is 1. The minimum atomic E-state index is -0.0821. The van der Waals surface area contributed by atoms with Crippen molar-refractivity contribution < 1.29 is 9.90 Å². The highest BCUT2D eigenvalue weighted by Crippen LogP contribution is 2.16. The molecule has 100 valence electrons. The lowest BCUT2D eigenvalue weighted by Crippen LogP contribution is -2.42. The minimum absolute atomic E-state index is 0.0301. The van der Waals surface area contributed by atoms with Crippen LogP contribution in [0.2, 0.25) is 0 Å². The Kier molecular flexibility index (Phi) is 6.52. The van der Waals surface area contributed by atoms with Gasteiger partial charge in [0.05, 0.1) is 12.6 Å². The van der Waals surface area contributed by atoms with E-state index in [0.717, 1.165) is 19.5 Å². The molecule has 4 nitrogen and oxygen atoms in total. The molecule has 1 amide bonds. The first-order valence-corrected chi connectivity index (χ1v) is 6.81. The Morgan fingerprint density at radius 1 is 1.53 bits per heavy atom.